The van der Waals surface area contributed by atoms with Crippen LogP contribution in [-0.4, -0.2) is 156 Å². The fraction of sp³-hybridized carbons (Fsp3) is 0.816. The number of esters is 1. The second-order valence-corrected chi connectivity index (χ2v) is 15.1. The summed E-state index contributed by atoms with van der Waals surface area (Å²) in [6.07, 6.45) is -6.88. The number of aliphatic hydroxyl groups excluding tert-OH is 5. The summed E-state index contributed by atoms with van der Waals surface area (Å²) in [5, 5.41) is 54.4. The smallest absolute Gasteiger partial charge is 0.308 e. The van der Waals surface area contributed by atoms with Crippen LogP contribution < -0.4 is 0 Å². The molecule has 304 valence electrons. The van der Waals surface area contributed by atoms with Crippen LogP contribution in [0.25, 0.3) is 0 Å². The highest BCUT2D eigenvalue weighted by atomic mass is 16.7. The summed E-state index contributed by atoms with van der Waals surface area (Å²) in [6, 6.07) is -0.746. The fourth-order valence-corrected chi connectivity index (χ4v) is 7.51. The number of ether oxygens (including phenoxy) is 6. The molecule has 3 heterocycles. The maximum atomic E-state index is 13.5. The molecule has 0 radical (unpaired) electrons. The van der Waals surface area contributed by atoms with Crippen molar-refractivity contribution >= 4 is 18.0 Å². The average molecular weight is 758 g/mol. The second-order valence-electron chi connectivity index (χ2n) is 15.1. The Balaban J connectivity index is 1.96. The van der Waals surface area contributed by atoms with Crippen LogP contribution in [0, 0.1) is 23.7 Å². The minimum absolute atomic E-state index is 0.0342. The summed E-state index contributed by atoms with van der Waals surface area (Å²) in [6.45, 7) is 10.2. The third-order valence-corrected chi connectivity index (χ3v) is 10.9. The normalized spacial score (nSPS) is 44.2. The second kappa shape index (κ2) is 20.7. The highest BCUT2D eigenvalue weighted by Crippen LogP contribution is 2.34. The number of hydrogen-bond donors (Lipinski definition) is 5. The fourth-order valence-electron chi connectivity index (χ4n) is 7.51. The van der Waals surface area contributed by atoms with Crippen LogP contribution in [0.15, 0.2) is 23.8 Å². The number of allylic oxidation sites excluding steroid dienone is 3. The largest absolute Gasteiger partial charge is 0.462 e. The van der Waals surface area contributed by atoms with Crippen molar-refractivity contribution in [3.8, 4) is 0 Å². The maximum absolute atomic E-state index is 13.5. The van der Waals surface area contributed by atoms with Crippen LogP contribution in [0.2, 0.25) is 0 Å². The molecule has 5 N–H and O–H groups in total. The van der Waals surface area contributed by atoms with Gasteiger partial charge in [-0.25, -0.2) is 0 Å². The lowest BCUT2D eigenvalue weighted by Gasteiger charge is -2.46. The van der Waals surface area contributed by atoms with Gasteiger partial charge in [-0.05, 0) is 59.7 Å². The van der Waals surface area contributed by atoms with Gasteiger partial charge in [0.05, 0.1) is 49.6 Å². The van der Waals surface area contributed by atoms with Gasteiger partial charge in [0.2, 0.25) is 0 Å². The average Bonchev–Trinajstić information content (AvgIpc) is 3.10. The van der Waals surface area contributed by atoms with Gasteiger partial charge in [-0.2, -0.15) is 0 Å². The van der Waals surface area contributed by atoms with E-state index in [0.29, 0.717) is 18.3 Å². The highest BCUT2D eigenvalue weighted by Gasteiger charge is 2.48. The Kier molecular flexibility index (Phi) is 17.6. The number of carbonyl (C=O) groups is 3. The van der Waals surface area contributed by atoms with Crippen LogP contribution in [0.5, 0.6) is 0 Å². The van der Waals surface area contributed by atoms with Crippen molar-refractivity contribution in [3.05, 3.63) is 23.8 Å². The molecule has 2 fully saturated rings. The van der Waals surface area contributed by atoms with Gasteiger partial charge in [0.1, 0.15) is 36.8 Å². The molecule has 3 aliphatic rings. The van der Waals surface area contributed by atoms with E-state index in [9.17, 15) is 39.9 Å². The van der Waals surface area contributed by atoms with Crippen molar-refractivity contribution in [3.63, 3.8) is 0 Å². The summed E-state index contributed by atoms with van der Waals surface area (Å²) in [5.41, 5.74) is 0.673. The third kappa shape index (κ3) is 11.7. The van der Waals surface area contributed by atoms with Gasteiger partial charge >= 0.3 is 5.97 Å². The van der Waals surface area contributed by atoms with Crippen molar-refractivity contribution in [2.24, 2.45) is 23.7 Å². The number of ketones is 1. The monoisotopic (exact) mass is 757 g/mol. The summed E-state index contributed by atoms with van der Waals surface area (Å²) >= 11 is 0. The molecule has 0 aliphatic carbocycles. The first-order chi connectivity index (χ1) is 24.9. The van der Waals surface area contributed by atoms with Crippen LogP contribution in [0.4, 0.5) is 0 Å². The van der Waals surface area contributed by atoms with E-state index >= 15 is 0 Å². The Hall–Kier alpha value is -2.15. The topological polar surface area (TPSA) is 211 Å². The number of aliphatic hydroxyl groups is 5. The summed E-state index contributed by atoms with van der Waals surface area (Å²) in [5.74, 6) is -3.48. The lowest BCUT2D eigenvalue weighted by molar-refractivity contribution is -0.304. The van der Waals surface area contributed by atoms with Crippen LogP contribution >= 0.6 is 0 Å². The van der Waals surface area contributed by atoms with Gasteiger partial charge in [0.15, 0.2) is 18.4 Å². The molecule has 0 spiro atoms. The molecular formula is C38H63NO14. The molecule has 0 aromatic carbocycles. The number of hydrogen-bond acceptors (Lipinski definition) is 15. The van der Waals surface area contributed by atoms with Crippen molar-refractivity contribution < 1.29 is 68.3 Å². The Morgan fingerprint density at radius 2 is 1.55 bits per heavy atom. The van der Waals surface area contributed by atoms with E-state index in [-0.39, 0.29) is 25.2 Å². The number of methoxy groups -OCH3 is 1. The minimum Gasteiger partial charge on any atom is -0.462 e. The van der Waals surface area contributed by atoms with E-state index in [1.807, 2.05) is 13.0 Å². The Labute approximate surface area is 313 Å². The number of likely N-dealkylation sites (N-methyl/N-ethyl adjacent to an activating group) is 1. The zero-order chi connectivity index (χ0) is 39.7. The molecule has 15 heteroatoms. The summed E-state index contributed by atoms with van der Waals surface area (Å²) < 4.78 is 35.6. The molecule has 0 bridgehead atoms. The Morgan fingerprint density at radius 3 is 2.15 bits per heavy atom. The quantitative estimate of drug-likeness (QED) is 0.155. The summed E-state index contributed by atoms with van der Waals surface area (Å²) in [4.78, 5) is 40.6. The number of rotatable bonds is 10. The van der Waals surface area contributed by atoms with Gasteiger partial charge in [0, 0.05) is 31.3 Å². The number of carbonyl (C=O) groups excluding carboxylic acids is 3. The molecule has 17 atom stereocenters. The number of cyclic esters (lactones) is 1. The minimum atomic E-state index is -1.33. The van der Waals surface area contributed by atoms with E-state index in [0.717, 1.165) is 0 Å². The van der Waals surface area contributed by atoms with Crippen LogP contribution in [0.3, 0.4) is 0 Å². The SMILES string of the molecule is CCC1OC(=O)C[C@@H](O)[C@H](C)C(O[C@@H]2O[C@H](C)[C@@H](O)[C@H](N(C)C)[C@H]2O)[C@@H](CC=O)C[C@@H](C)C(=O)/C=C\C(C)=C\[C@@H]1CO[C@@H]1O[C@H](C)[C@@H](O)[C@@H](O)[C@H]1OC. The van der Waals surface area contributed by atoms with E-state index in [2.05, 4.69) is 0 Å². The first-order valence-corrected chi connectivity index (χ1v) is 18.7. The Bertz CT molecular complexity index is 1250. The van der Waals surface area contributed by atoms with E-state index in [4.69, 9.17) is 28.4 Å². The summed E-state index contributed by atoms with van der Waals surface area (Å²) in [7, 11) is 4.78. The first-order valence-electron chi connectivity index (χ1n) is 18.7. The molecule has 3 rings (SSSR count). The van der Waals surface area contributed by atoms with E-state index in [1.165, 1.54) is 13.2 Å². The molecule has 2 saturated heterocycles. The van der Waals surface area contributed by atoms with Crippen LogP contribution in [0.1, 0.15) is 67.2 Å². The highest BCUT2D eigenvalue weighted by molar-refractivity contribution is 5.91. The van der Waals surface area contributed by atoms with E-state index in [1.54, 1.807) is 59.7 Å². The molecule has 0 aromatic heterocycles. The zero-order valence-corrected chi connectivity index (χ0v) is 32.5. The van der Waals surface area contributed by atoms with Crippen molar-refractivity contribution in [1.82, 2.24) is 4.90 Å². The van der Waals surface area contributed by atoms with Gasteiger partial charge in [-0.3, -0.25) is 9.59 Å². The molecule has 15 nitrogen and oxygen atoms in total. The molecule has 53 heavy (non-hydrogen) atoms. The standard InChI is InChI=1S/C38H63NO14/c1-10-28-25(18-49-38-36(48-9)34(47)32(45)23(6)51-38)15-19(2)11-12-26(41)20(3)16-24(13-14-40)35(21(4)27(42)17-29(43)52-28)53-37-33(46)30(39(7)8)31(44)22(5)50-37/h11-12,14-15,20-25,27-28,30-38,42,44-47H,10,13,16-18H2,1-9H3/b12-11-,19-15+/t20-,21+,22-,23-,24+,25-,27-,28?,30+,31-,32-,33-,34-,35?,36-,37+,38-/m1/s1. The van der Waals surface area contributed by atoms with Gasteiger partial charge in [-0.1, -0.05) is 38.5 Å². The lowest BCUT2D eigenvalue weighted by atomic mass is 9.79. The lowest BCUT2D eigenvalue weighted by Crippen LogP contribution is -2.63. The Morgan fingerprint density at radius 1 is 0.906 bits per heavy atom. The first kappa shape index (κ1) is 45.2. The van der Waals surface area contributed by atoms with Gasteiger partial charge in [-0.15, -0.1) is 0 Å². The molecule has 0 saturated carbocycles. The van der Waals surface area contributed by atoms with E-state index < -0.39 is 116 Å². The predicted molar refractivity (Wildman–Crippen MR) is 191 cm³/mol. The molecular weight excluding hydrogens is 694 g/mol. The van der Waals surface area contributed by atoms with Crippen LogP contribution in [-0.2, 0) is 42.8 Å². The van der Waals surface area contributed by atoms with Crippen molar-refractivity contribution in [2.45, 2.75) is 147 Å². The number of nitrogens with zero attached hydrogens (tertiary/aromatic N) is 1. The number of aldehydes is 1. The predicted octanol–water partition coefficient (Wildman–Crippen LogP) is 0.908. The maximum Gasteiger partial charge on any atom is 0.308 e. The zero-order valence-electron chi connectivity index (χ0n) is 32.5. The molecule has 0 aromatic rings. The van der Waals surface area contributed by atoms with Crippen molar-refractivity contribution in [1.29, 1.82) is 0 Å². The van der Waals surface area contributed by atoms with Gasteiger partial charge < -0.3 is 63.6 Å². The molecule has 3 aliphatic heterocycles. The molecule has 0 amide bonds. The van der Waals surface area contributed by atoms with Gasteiger partial charge in [0.25, 0.3) is 0 Å². The third-order valence-electron chi connectivity index (χ3n) is 10.9. The molecule has 2 unspecified atom stereocenters. The van der Waals surface area contributed by atoms with Crippen molar-refractivity contribution in [2.75, 3.05) is 27.8 Å².